The number of carbonyl (C=O) groups excluding carboxylic acids is 1. The maximum Gasteiger partial charge on any atom is 0.281 e. The van der Waals surface area contributed by atoms with Crippen LogP contribution in [0.15, 0.2) is 37.6 Å². The molecule has 1 aromatic heterocycles. The van der Waals surface area contributed by atoms with Crippen molar-refractivity contribution in [2.45, 2.75) is 6.92 Å². The number of hydrogen-bond acceptors (Lipinski definition) is 5. The molecule has 1 amide bonds. The highest BCUT2D eigenvalue weighted by molar-refractivity contribution is 9.13. The van der Waals surface area contributed by atoms with Crippen molar-refractivity contribution in [3.8, 4) is 11.5 Å². The summed E-state index contributed by atoms with van der Waals surface area (Å²) in [6.45, 7) is 2.25. The van der Waals surface area contributed by atoms with Gasteiger partial charge in [-0.1, -0.05) is 6.07 Å². The number of halogens is 2. The molecule has 0 unspecified atom stereocenters. The molecular weight excluding hydrogens is 436 g/mol. The highest BCUT2D eigenvalue weighted by Crippen LogP contribution is 2.39. The molecule has 0 aliphatic heterocycles. The number of phenols is 1. The molecule has 22 heavy (non-hydrogen) atoms. The minimum Gasteiger partial charge on any atom is -0.504 e. The molecule has 0 radical (unpaired) electrons. The topological polar surface area (TPSA) is 70.9 Å². The predicted octanol–water partition coefficient (Wildman–Crippen LogP) is 4.14. The van der Waals surface area contributed by atoms with E-state index in [0.717, 1.165) is 0 Å². The van der Waals surface area contributed by atoms with Crippen molar-refractivity contribution in [3.63, 3.8) is 0 Å². The van der Waals surface area contributed by atoms with Gasteiger partial charge in [-0.15, -0.1) is 11.3 Å². The molecule has 0 saturated heterocycles. The number of nitrogens with one attached hydrogen (secondary N) is 1. The van der Waals surface area contributed by atoms with E-state index in [1.807, 2.05) is 12.3 Å². The first-order chi connectivity index (χ1) is 10.5. The van der Waals surface area contributed by atoms with E-state index in [2.05, 4.69) is 42.4 Å². The fraction of sp³-hybridized carbons (Fsp3) is 0.143. The third kappa shape index (κ3) is 3.88. The van der Waals surface area contributed by atoms with E-state index >= 15 is 0 Å². The van der Waals surface area contributed by atoms with Gasteiger partial charge in [0.2, 0.25) is 0 Å². The lowest BCUT2D eigenvalue weighted by Crippen LogP contribution is -2.16. The number of amides is 1. The van der Waals surface area contributed by atoms with Gasteiger partial charge in [0.15, 0.2) is 11.5 Å². The first-order valence-corrected chi connectivity index (χ1v) is 8.71. The Morgan fingerprint density at radius 3 is 2.95 bits per heavy atom. The number of aromatic hydroxyl groups is 1. The van der Waals surface area contributed by atoms with Crippen LogP contribution in [0.2, 0.25) is 0 Å². The number of rotatable bonds is 5. The normalized spacial score (nSPS) is 10.9. The summed E-state index contributed by atoms with van der Waals surface area (Å²) in [5.41, 5.74) is 2.82. The molecule has 1 heterocycles. The second-order valence-corrected chi connectivity index (χ2v) is 6.64. The number of hydrogen-bond donors (Lipinski definition) is 2. The van der Waals surface area contributed by atoms with Gasteiger partial charge in [-0.3, -0.25) is 4.79 Å². The Morgan fingerprint density at radius 1 is 1.55 bits per heavy atom. The third-order valence-electron chi connectivity index (χ3n) is 2.60. The minimum absolute atomic E-state index is 0.0500. The molecule has 0 saturated carbocycles. The summed E-state index contributed by atoms with van der Waals surface area (Å²) >= 11 is 8.05. The van der Waals surface area contributed by atoms with Crippen LogP contribution in [0, 0.1) is 0 Å². The lowest BCUT2D eigenvalue weighted by atomic mass is 10.2. The Morgan fingerprint density at radius 2 is 2.32 bits per heavy atom. The van der Waals surface area contributed by atoms with Crippen LogP contribution in [0.25, 0.3) is 0 Å². The van der Waals surface area contributed by atoms with Gasteiger partial charge in [0.05, 0.1) is 23.3 Å². The van der Waals surface area contributed by atoms with Gasteiger partial charge >= 0.3 is 0 Å². The van der Waals surface area contributed by atoms with Crippen molar-refractivity contribution in [2.75, 3.05) is 6.61 Å². The molecule has 0 fully saturated rings. The number of nitrogens with zero attached hydrogens (tertiary/aromatic N) is 1. The Kier molecular flexibility index (Phi) is 5.98. The van der Waals surface area contributed by atoms with Gasteiger partial charge in [0, 0.05) is 8.95 Å². The smallest absolute Gasteiger partial charge is 0.281 e. The van der Waals surface area contributed by atoms with E-state index in [9.17, 15) is 9.90 Å². The zero-order valence-electron chi connectivity index (χ0n) is 11.5. The molecule has 1 aromatic carbocycles. The molecule has 2 N–H and O–H groups in total. The van der Waals surface area contributed by atoms with Crippen molar-refractivity contribution in [1.82, 2.24) is 5.43 Å². The quantitative estimate of drug-likeness (QED) is 0.534. The monoisotopic (exact) mass is 446 g/mol. The highest BCUT2D eigenvalue weighted by atomic mass is 79.9. The van der Waals surface area contributed by atoms with E-state index in [4.69, 9.17) is 4.74 Å². The summed E-state index contributed by atoms with van der Waals surface area (Å²) < 4.78 is 6.67. The van der Waals surface area contributed by atoms with Gasteiger partial charge < -0.3 is 9.84 Å². The van der Waals surface area contributed by atoms with E-state index in [1.165, 1.54) is 17.6 Å². The van der Waals surface area contributed by atoms with Crippen LogP contribution in [0.3, 0.4) is 0 Å². The zero-order chi connectivity index (χ0) is 16.1. The van der Waals surface area contributed by atoms with E-state index in [-0.39, 0.29) is 11.7 Å². The molecule has 0 spiro atoms. The second-order valence-electron chi connectivity index (χ2n) is 4.04. The minimum atomic E-state index is -0.304. The zero-order valence-corrected chi connectivity index (χ0v) is 15.5. The number of thiophene rings is 1. The number of hydrazone groups is 1. The van der Waals surface area contributed by atoms with Gasteiger partial charge in [0.25, 0.3) is 5.91 Å². The molecule has 8 heteroatoms. The number of ether oxygens (including phenoxy) is 1. The molecule has 116 valence electrons. The number of carbonyl (C=O) groups is 1. The molecule has 5 nitrogen and oxygen atoms in total. The molecule has 0 atom stereocenters. The van der Waals surface area contributed by atoms with Crippen LogP contribution in [0.1, 0.15) is 22.2 Å². The fourth-order valence-corrected chi connectivity index (χ4v) is 3.05. The Bertz CT molecular complexity index is 703. The summed E-state index contributed by atoms with van der Waals surface area (Å²) in [5.74, 6) is -0.0171. The van der Waals surface area contributed by atoms with Gasteiger partial charge in [-0.05, 0) is 56.3 Å². The molecular formula is C14H12Br2N2O3S. The lowest BCUT2D eigenvalue weighted by Gasteiger charge is -2.11. The van der Waals surface area contributed by atoms with E-state index < -0.39 is 0 Å². The number of phenolic OH excluding ortho intramolecular Hbond substituents is 1. The first-order valence-electron chi connectivity index (χ1n) is 6.25. The van der Waals surface area contributed by atoms with Crippen LogP contribution in [0.4, 0.5) is 0 Å². The Hall–Kier alpha value is -1.38. The standard InChI is InChI=1S/C14H12Br2N2O3S/c1-2-21-10-6-9(15)12(16)8(13(10)19)7-17-18-14(20)11-4-3-5-22-11/h3-7,19H,2H2,1H3,(H,18,20). The van der Waals surface area contributed by atoms with Crippen LogP contribution >= 0.6 is 43.2 Å². The Labute approximate surface area is 148 Å². The highest BCUT2D eigenvalue weighted by Gasteiger charge is 2.15. The SMILES string of the molecule is CCOc1cc(Br)c(Br)c(C=NNC(=O)c2cccs2)c1O. The van der Waals surface area contributed by atoms with Gasteiger partial charge in [-0.2, -0.15) is 5.10 Å². The molecule has 2 aromatic rings. The van der Waals surface area contributed by atoms with Crippen LogP contribution in [-0.4, -0.2) is 23.8 Å². The summed E-state index contributed by atoms with van der Waals surface area (Å²) in [5, 5.41) is 15.9. The van der Waals surface area contributed by atoms with Gasteiger partial charge in [-0.25, -0.2) is 5.43 Å². The fourth-order valence-electron chi connectivity index (χ4n) is 1.61. The third-order valence-corrected chi connectivity index (χ3v) is 5.48. The van der Waals surface area contributed by atoms with Crippen molar-refractivity contribution >= 4 is 55.3 Å². The average Bonchev–Trinajstić information content (AvgIpc) is 3.02. The van der Waals surface area contributed by atoms with Crippen molar-refractivity contribution in [1.29, 1.82) is 0 Å². The van der Waals surface area contributed by atoms with Gasteiger partial charge in [0.1, 0.15) is 0 Å². The molecule has 2 rings (SSSR count). The molecule has 0 bridgehead atoms. The van der Waals surface area contributed by atoms with Crippen LogP contribution < -0.4 is 10.2 Å². The van der Waals surface area contributed by atoms with E-state index in [1.54, 1.807) is 18.2 Å². The van der Waals surface area contributed by atoms with Crippen LogP contribution in [0.5, 0.6) is 11.5 Å². The summed E-state index contributed by atoms with van der Waals surface area (Å²) in [6, 6.07) is 5.15. The maximum atomic E-state index is 11.8. The van der Waals surface area contributed by atoms with Crippen molar-refractivity contribution in [2.24, 2.45) is 5.10 Å². The molecule has 0 aliphatic rings. The predicted molar refractivity (Wildman–Crippen MR) is 94.1 cm³/mol. The maximum absolute atomic E-state index is 11.8. The van der Waals surface area contributed by atoms with E-state index in [0.29, 0.717) is 31.7 Å². The largest absolute Gasteiger partial charge is 0.504 e. The molecule has 0 aliphatic carbocycles. The summed E-state index contributed by atoms with van der Waals surface area (Å²) in [4.78, 5) is 12.3. The summed E-state index contributed by atoms with van der Waals surface area (Å²) in [6.07, 6.45) is 1.36. The number of benzene rings is 1. The van der Waals surface area contributed by atoms with Crippen molar-refractivity contribution < 1.29 is 14.6 Å². The first kappa shape index (κ1) is 17.0. The second kappa shape index (κ2) is 7.75. The lowest BCUT2D eigenvalue weighted by molar-refractivity contribution is 0.0959. The summed E-state index contributed by atoms with van der Waals surface area (Å²) in [7, 11) is 0. The average molecular weight is 448 g/mol. The van der Waals surface area contributed by atoms with Crippen LogP contribution in [-0.2, 0) is 0 Å². The van der Waals surface area contributed by atoms with Crippen molar-refractivity contribution in [3.05, 3.63) is 43.0 Å². The Balaban J connectivity index is 2.21.